The molecule has 1 aromatic carbocycles. The molecule has 0 bridgehead atoms. The van der Waals surface area contributed by atoms with Crippen LogP contribution in [0.2, 0.25) is 0 Å². The van der Waals surface area contributed by atoms with Gasteiger partial charge in [-0.25, -0.2) is 8.42 Å². The molecular formula is C21H28N2O5S. The van der Waals surface area contributed by atoms with Gasteiger partial charge in [0, 0.05) is 12.5 Å². The van der Waals surface area contributed by atoms with Crippen molar-refractivity contribution >= 4 is 21.6 Å². The Morgan fingerprint density at radius 2 is 1.62 bits per heavy atom. The molecule has 0 spiro atoms. The Kier molecular flexibility index (Phi) is 6.09. The quantitative estimate of drug-likeness (QED) is 0.527. The van der Waals surface area contributed by atoms with E-state index >= 15 is 0 Å². The van der Waals surface area contributed by atoms with E-state index in [1.807, 2.05) is 27.7 Å². The zero-order valence-corrected chi connectivity index (χ0v) is 18.8. The molecule has 0 N–H and O–H groups in total. The lowest BCUT2D eigenvalue weighted by Crippen LogP contribution is -2.42. The predicted molar refractivity (Wildman–Crippen MR) is 110 cm³/mol. The Balaban J connectivity index is 2.16. The Labute approximate surface area is 172 Å². The van der Waals surface area contributed by atoms with Crippen LogP contribution in [0.15, 0.2) is 35.2 Å². The number of Topliss-reactive ketones (excluding diaryl/α,β-unsaturated/α-hetero) is 1. The molecule has 0 radical (unpaired) electrons. The second-order valence-electron chi connectivity index (χ2n) is 8.61. The molecule has 0 fully saturated rings. The second kappa shape index (κ2) is 7.74. The highest BCUT2D eigenvalue weighted by Gasteiger charge is 2.44. The van der Waals surface area contributed by atoms with E-state index in [1.165, 1.54) is 30.7 Å². The minimum atomic E-state index is -3.99. The van der Waals surface area contributed by atoms with Gasteiger partial charge in [-0.05, 0) is 39.0 Å². The number of sulfone groups is 1. The van der Waals surface area contributed by atoms with Crippen molar-refractivity contribution in [2.45, 2.75) is 56.6 Å². The zero-order chi connectivity index (χ0) is 22.2. The third kappa shape index (κ3) is 4.58. The van der Waals surface area contributed by atoms with E-state index in [1.54, 1.807) is 25.2 Å². The fraction of sp³-hybridized carbons (Fsp3) is 0.476. The van der Waals surface area contributed by atoms with E-state index in [0.717, 1.165) is 11.3 Å². The summed E-state index contributed by atoms with van der Waals surface area (Å²) in [5.74, 6) is -1.43. The molecule has 8 heteroatoms. The molecule has 0 saturated carbocycles. The van der Waals surface area contributed by atoms with Crippen molar-refractivity contribution in [1.29, 1.82) is 0 Å². The fourth-order valence-electron chi connectivity index (χ4n) is 2.60. The SMILES string of the molecule is Cc1ccc(S(=O)(=O)C(C)(C)C(=O)OCC(=O)c2cc(C(C)(C)C)nn2C)cc1. The van der Waals surface area contributed by atoms with Gasteiger partial charge in [-0.15, -0.1) is 0 Å². The molecule has 0 amide bonds. The summed E-state index contributed by atoms with van der Waals surface area (Å²) < 4.78 is 30.5. The number of rotatable bonds is 6. The number of aryl methyl sites for hydroxylation is 2. The number of ketones is 1. The molecule has 0 aliphatic carbocycles. The van der Waals surface area contributed by atoms with Crippen LogP contribution in [0.1, 0.15) is 56.4 Å². The minimum Gasteiger partial charge on any atom is -0.456 e. The maximum absolute atomic E-state index is 12.9. The molecule has 1 heterocycles. The topological polar surface area (TPSA) is 95.3 Å². The van der Waals surface area contributed by atoms with Crippen LogP contribution >= 0.6 is 0 Å². The highest BCUT2D eigenvalue weighted by molar-refractivity contribution is 7.93. The van der Waals surface area contributed by atoms with Gasteiger partial charge in [-0.3, -0.25) is 14.3 Å². The van der Waals surface area contributed by atoms with Gasteiger partial charge in [0.1, 0.15) is 5.69 Å². The monoisotopic (exact) mass is 420 g/mol. The molecule has 0 unspecified atom stereocenters. The summed E-state index contributed by atoms with van der Waals surface area (Å²) in [7, 11) is -2.36. The fourth-order valence-corrected chi connectivity index (χ4v) is 3.96. The number of carbonyl (C=O) groups excluding carboxylic acids is 2. The van der Waals surface area contributed by atoms with Gasteiger partial charge in [0.15, 0.2) is 21.2 Å². The first-order valence-electron chi connectivity index (χ1n) is 9.24. The van der Waals surface area contributed by atoms with E-state index < -0.39 is 32.9 Å². The predicted octanol–water partition coefficient (Wildman–Crippen LogP) is 3.00. The van der Waals surface area contributed by atoms with Crippen LogP contribution in [0.3, 0.4) is 0 Å². The molecule has 2 rings (SSSR count). The van der Waals surface area contributed by atoms with E-state index in [-0.39, 0.29) is 10.3 Å². The number of benzene rings is 1. The third-order valence-electron chi connectivity index (χ3n) is 4.76. The van der Waals surface area contributed by atoms with Gasteiger partial charge < -0.3 is 4.74 Å². The number of nitrogens with zero attached hydrogens (tertiary/aromatic N) is 2. The van der Waals surface area contributed by atoms with Crippen LogP contribution in [0.4, 0.5) is 0 Å². The van der Waals surface area contributed by atoms with E-state index in [0.29, 0.717) is 5.69 Å². The molecule has 158 valence electrons. The van der Waals surface area contributed by atoms with Gasteiger partial charge in [0.2, 0.25) is 5.78 Å². The van der Waals surface area contributed by atoms with Gasteiger partial charge >= 0.3 is 5.97 Å². The van der Waals surface area contributed by atoms with Crippen LogP contribution in [0.5, 0.6) is 0 Å². The van der Waals surface area contributed by atoms with Crippen molar-refractivity contribution < 1.29 is 22.7 Å². The normalized spacial score (nSPS) is 12.7. The van der Waals surface area contributed by atoms with Crippen LogP contribution in [0, 0.1) is 6.92 Å². The van der Waals surface area contributed by atoms with Crippen LogP contribution < -0.4 is 0 Å². The number of hydrogen-bond acceptors (Lipinski definition) is 6. The first-order chi connectivity index (χ1) is 13.2. The van der Waals surface area contributed by atoms with Gasteiger partial charge in [0.05, 0.1) is 10.6 Å². The Hall–Kier alpha value is -2.48. The zero-order valence-electron chi connectivity index (χ0n) is 17.9. The summed E-state index contributed by atoms with van der Waals surface area (Å²) in [6.07, 6.45) is 0. The van der Waals surface area contributed by atoms with E-state index in [4.69, 9.17) is 4.74 Å². The highest BCUT2D eigenvalue weighted by Crippen LogP contribution is 2.27. The van der Waals surface area contributed by atoms with E-state index in [2.05, 4.69) is 5.10 Å². The maximum atomic E-state index is 12.9. The summed E-state index contributed by atoms with van der Waals surface area (Å²) in [5, 5.41) is 4.32. The van der Waals surface area contributed by atoms with Gasteiger partial charge in [-0.1, -0.05) is 38.5 Å². The lowest BCUT2D eigenvalue weighted by Gasteiger charge is -2.22. The summed E-state index contributed by atoms with van der Waals surface area (Å²) in [6, 6.07) is 7.88. The molecule has 0 aliphatic rings. The van der Waals surface area contributed by atoms with Crippen molar-refractivity contribution in [3.05, 3.63) is 47.3 Å². The van der Waals surface area contributed by atoms with Crippen molar-refractivity contribution in [2.75, 3.05) is 6.61 Å². The summed E-state index contributed by atoms with van der Waals surface area (Å²) >= 11 is 0. The van der Waals surface area contributed by atoms with Crippen molar-refractivity contribution in [3.63, 3.8) is 0 Å². The molecule has 7 nitrogen and oxygen atoms in total. The summed E-state index contributed by atoms with van der Waals surface area (Å²) in [4.78, 5) is 25.1. The Bertz CT molecular complexity index is 1030. The second-order valence-corrected chi connectivity index (χ2v) is 11.1. The lowest BCUT2D eigenvalue weighted by atomic mass is 9.92. The average molecular weight is 421 g/mol. The standard InChI is InChI=1S/C21H28N2O5S/c1-14-8-10-15(11-9-14)29(26,27)21(5,6)19(25)28-13-17(24)16-12-18(20(2,3)4)22-23(16)7/h8-12H,13H2,1-7H3. The van der Waals surface area contributed by atoms with E-state index in [9.17, 15) is 18.0 Å². The third-order valence-corrected chi connectivity index (χ3v) is 7.17. The largest absolute Gasteiger partial charge is 0.456 e. The molecule has 0 saturated heterocycles. The van der Waals surface area contributed by atoms with Gasteiger partial charge in [-0.2, -0.15) is 5.10 Å². The van der Waals surface area contributed by atoms with Crippen LogP contribution in [-0.2, 0) is 31.8 Å². The van der Waals surface area contributed by atoms with Crippen LogP contribution in [0.25, 0.3) is 0 Å². The molecule has 1 aromatic heterocycles. The molecule has 0 atom stereocenters. The van der Waals surface area contributed by atoms with Crippen LogP contribution in [-0.4, -0.2) is 41.3 Å². The number of carbonyl (C=O) groups is 2. The Morgan fingerprint density at radius 3 is 2.10 bits per heavy atom. The number of aromatic nitrogens is 2. The summed E-state index contributed by atoms with van der Waals surface area (Å²) in [5.41, 5.74) is 1.69. The van der Waals surface area contributed by atoms with Crippen molar-refractivity contribution in [2.24, 2.45) is 7.05 Å². The smallest absolute Gasteiger partial charge is 0.327 e. The number of esters is 1. The first-order valence-corrected chi connectivity index (χ1v) is 10.7. The minimum absolute atomic E-state index is 0.0258. The van der Waals surface area contributed by atoms with Crippen molar-refractivity contribution in [3.8, 4) is 0 Å². The lowest BCUT2D eigenvalue weighted by molar-refractivity contribution is -0.144. The Morgan fingerprint density at radius 1 is 1.07 bits per heavy atom. The number of ether oxygens (including phenoxy) is 1. The molecule has 2 aromatic rings. The maximum Gasteiger partial charge on any atom is 0.327 e. The molecule has 0 aliphatic heterocycles. The summed E-state index contributed by atoms with van der Waals surface area (Å²) in [6.45, 7) is 9.75. The molecule has 29 heavy (non-hydrogen) atoms. The number of hydrogen-bond donors (Lipinski definition) is 0. The highest BCUT2D eigenvalue weighted by atomic mass is 32.2. The van der Waals surface area contributed by atoms with Crippen molar-refractivity contribution in [1.82, 2.24) is 9.78 Å². The van der Waals surface area contributed by atoms with Gasteiger partial charge in [0.25, 0.3) is 0 Å². The average Bonchev–Trinajstić information content (AvgIpc) is 3.01. The molecular weight excluding hydrogens is 392 g/mol. The first kappa shape index (κ1) is 22.8.